The Morgan fingerprint density at radius 1 is 1.53 bits per heavy atom. The number of nitrogens with zero attached hydrogens (tertiary/aromatic N) is 4. The lowest BCUT2D eigenvalue weighted by Crippen LogP contribution is -2.26. The Morgan fingerprint density at radius 3 is 3.11 bits per heavy atom. The van der Waals surface area contributed by atoms with E-state index in [1.165, 1.54) is 12.4 Å². The number of nitrogen functional groups attached to an aromatic ring is 1. The van der Waals surface area contributed by atoms with E-state index in [1.807, 2.05) is 11.5 Å². The van der Waals surface area contributed by atoms with Crippen LogP contribution < -0.4 is 16.6 Å². The van der Waals surface area contributed by atoms with Crippen molar-refractivity contribution in [1.29, 1.82) is 0 Å². The van der Waals surface area contributed by atoms with E-state index in [2.05, 4.69) is 25.9 Å². The zero-order valence-corrected chi connectivity index (χ0v) is 10.5. The van der Waals surface area contributed by atoms with Gasteiger partial charge < -0.3 is 15.3 Å². The first-order chi connectivity index (χ1) is 9.26. The molecule has 0 spiro atoms. The van der Waals surface area contributed by atoms with E-state index >= 15 is 0 Å². The number of carbonyl (C=O) groups is 1. The molecular weight excluding hydrogens is 246 g/mol. The molecule has 0 saturated heterocycles. The van der Waals surface area contributed by atoms with Gasteiger partial charge in [0.2, 0.25) is 0 Å². The molecule has 2 heterocycles. The molecule has 0 atom stereocenters. The summed E-state index contributed by atoms with van der Waals surface area (Å²) < 4.78 is 1.86. The number of pyridine rings is 1. The summed E-state index contributed by atoms with van der Waals surface area (Å²) in [5.74, 6) is 5.78. The quantitative estimate of drug-likeness (QED) is 0.512. The van der Waals surface area contributed by atoms with Gasteiger partial charge >= 0.3 is 0 Å². The first-order valence-electron chi connectivity index (χ1n) is 5.81. The van der Waals surface area contributed by atoms with Gasteiger partial charge in [-0.3, -0.25) is 15.6 Å². The Morgan fingerprint density at radius 2 is 2.37 bits per heavy atom. The van der Waals surface area contributed by atoms with Crippen LogP contribution in [0.25, 0.3) is 0 Å². The molecule has 0 fully saturated rings. The van der Waals surface area contributed by atoms with Gasteiger partial charge in [-0.2, -0.15) is 0 Å². The van der Waals surface area contributed by atoms with Crippen LogP contribution in [0.2, 0.25) is 0 Å². The average Bonchev–Trinajstić information content (AvgIpc) is 2.92. The van der Waals surface area contributed by atoms with Crippen LogP contribution in [0.4, 0.5) is 5.69 Å². The monoisotopic (exact) mass is 261 g/mol. The van der Waals surface area contributed by atoms with E-state index in [-0.39, 0.29) is 5.91 Å². The van der Waals surface area contributed by atoms with Gasteiger partial charge in [0.05, 0.1) is 24.0 Å². The fourth-order valence-electron chi connectivity index (χ4n) is 1.64. The summed E-state index contributed by atoms with van der Waals surface area (Å²) in [6.45, 7) is 3.04. The number of carbonyl (C=O) groups excluding carboxylic acids is 1. The molecule has 19 heavy (non-hydrogen) atoms. The summed E-state index contributed by atoms with van der Waals surface area (Å²) >= 11 is 0. The van der Waals surface area contributed by atoms with E-state index in [1.54, 1.807) is 12.4 Å². The van der Waals surface area contributed by atoms with Crippen molar-refractivity contribution in [3.05, 3.63) is 36.2 Å². The summed E-state index contributed by atoms with van der Waals surface area (Å²) in [6.07, 6.45) is 4.65. The van der Waals surface area contributed by atoms with E-state index in [4.69, 9.17) is 5.84 Å². The zero-order chi connectivity index (χ0) is 13.7. The second-order valence-corrected chi connectivity index (χ2v) is 3.78. The number of nitrogens with one attached hydrogen (secondary N) is 2. The highest BCUT2D eigenvalue weighted by molar-refractivity contribution is 5.99. The molecule has 100 valence electrons. The molecule has 0 unspecified atom stereocenters. The molecule has 0 bridgehead atoms. The Kier molecular flexibility index (Phi) is 4.04. The zero-order valence-electron chi connectivity index (χ0n) is 10.5. The molecule has 1 amide bonds. The molecule has 8 heteroatoms. The lowest BCUT2D eigenvalue weighted by molar-refractivity contribution is 0.0950. The van der Waals surface area contributed by atoms with E-state index in [9.17, 15) is 4.79 Å². The third kappa shape index (κ3) is 2.86. The van der Waals surface area contributed by atoms with Crippen LogP contribution in [-0.2, 0) is 13.1 Å². The number of anilines is 1. The van der Waals surface area contributed by atoms with Crippen molar-refractivity contribution in [3.8, 4) is 0 Å². The Balaban J connectivity index is 2.05. The highest BCUT2D eigenvalue weighted by Crippen LogP contribution is 2.11. The number of rotatable bonds is 5. The van der Waals surface area contributed by atoms with Gasteiger partial charge in [0.25, 0.3) is 5.91 Å². The topological polar surface area (TPSA) is 111 Å². The van der Waals surface area contributed by atoms with Gasteiger partial charge in [0.1, 0.15) is 6.33 Å². The van der Waals surface area contributed by atoms with Crippen LogP contribution in [0.3, 0.4) is 0 Å². The predicted octanol–water partition coefficient (Wildman–Crippen LogP) is -0.0914. The van der Waals surface area contributed by atoms with E-state index in [0.29, 0.717) is 23.6 Å². The summed E-state index contributed by atoms with van der Waals surface area (Å²) in [7, 11) is 0. The first kappa shape index (κ1) is 13.0. The third-order valence-corrected chi connectivity index (χ3v) is 2.66. The van der Waals surface area contributed by atoms with Crippen LogP contribution in [0.15, 0.2) is 24.8 Å². The van der Waals surface area contributed by atoms with Crippen molar-refractivity contribution in [2.24, 2.45) is 5.84 Å². The van der Waals surface area contributed by atoms with E-state index in [0.717, 1.165) is 6.54 Å². The second-order valence-electron chi connectivity index (χ2n) is 3.78. The standard InChI is InChI=1S/C11H15N7O/c1-2-18-7-15-17-10(18)6-14-11(19)8-3-4-13-5-9(8)16-12/h3-5,7,16H,2,6,12H2,1H3,(H,14,19). The molecule has 0 aliphatic heterocycles. The molecule has 0 aliphatic rings. The molecule has 0 aliphatic carbocycles. The van der Waals surface area contributed by atoms with Gasteiger partial charge in [-0.05, 0) is 13.0 Å². The number of hydrogen-bond acceptors (Lipinski definition) is 6. The third-order valence-electron chi connectivity index (χ3n) is 2.66. The van der Waals surface area contributed by atoms with Crippen molar-refractivity contribution < 1.29 is 4.79 Å². The maximum Gasteiger partial charge on any atom is 0.253 e. The summed E-state index contributed by atoms with van der Waals surface area (Å²) in [6, 6.07) is 1.59. The van der Waals surface area contributed by atoms with Crippen LogP contribution >= 0.6 is 0 Å². The smallest absolute Gasteiger partial charge is 0.253 e. The van der Waals surface area contributed by atoms with Crippen molar-refractivity contribution in [2.75, 3.05) is 5.43 Å². The lowest BCUT2D eigenvalue weighted by atomic mass is 10.2. The molecule has 0 saturated carbocycles. The van der Waals surface area contributed by atoms with Gasteiger partial charge in [-0.1, -0.05) is 0 Å². The van der Waals surface area contributed by atoms with Gasteiger partial charge in [0.15, 0.2) is 5.82 Å². The highest BCUT2D eigenvalue weighted by Gasteiger charge is 2.11. The molecule has 4 N–H and O–H groups in total. The van der Waals surface area contributed by atoms with Gasteiger partial charge in [0, 0.05) is 12.7 Å². The number of hydrazine groups is 1. The predicted molar refractivity (Wildman–Crippen MR) is 68.9 cm³/mol. The molecule has 8 nitrogen and oxygen atoms in total. The minimum absolute atomic E-state index is 0.249. The van der Waals surface area contributed by atoms with Crippen LogP contribution in [0, 0.1) is 0 Å². The van der Waals surface area contributed by atoms with Crippen LogP contribution in [0.5, 0.6) is 0 Å². The van der Waals surface area contributed by atoms with Crippen molar-refractivity contribution in [3.63, 3.8) is 0 Å². The van der Waals surface area contributed by atoms with E-state index < -0.39 is 0 Å². The Bertz CT molecular complexity index is 566. The minimum Gasteiger partial charge on any atom is -0.345 e. The van der Waals surface area contributed by atoms with Gasteiger partial charge in [-0.15, -0.1) is 10.2 Å². The number of nitrogens with two attached hydrogens (primary N) is 1. The molecule has 0 aromatic carbocycles. The molecule has 2 aromatic heterocycles. The van der Waals surface area contributed by atoms with Crippen molar-refractivity contribution in [2.45, 2.75) is 20.0 Å². The van der Waals surface area contributed by atoms with Crippen molar-refractivity contribution in [1.82, 2.24) is 25.1 Å². The van der Waals surface area contributed by atoms with Crippen molar-refractivity contribution >= 4 is 11.6 Å². The molecule has 2 rings (SSSR count). The SMILES string of the molecule is CCn1cnnc1CNC(=O)c1ccncc1NN. The lowest BCUT2D eigenvalue weighted by Gasteiger charge is -2.09. The largest absolute Gasteiger partial charge is 0.345 e. The number of hydrogen-bond donors (Lipinski definition) is 3. The highest BCUT2D eigenvalue weighted by atomic mass is 16.1. The summed E-state index contributed by atoms with van der Waals surface area (Å²) in [5.41, 5.74) is 3.34. The van der Waals surface area contributed by atoms with Crippen LogP contribution in [0.1, 0.15) is 23.1 Å². The Labute approximate surface area is 110 Å². The average molecular weight is 261 g/mol. The normalized spacial score (nSPS) is 10.2. The molecular formula is C11H15N7O. The summed E-state index contributed by atoms with van der Waals surface area (Å²) in [5, 5.41) is 10.5. The maximum atomic E-state index is 12.0. The fraction of sp³-hybridized carbons (Fsp3) is 0.273. The number of aryl methyl sites for hydroxylation is 1. The minimum atomic E-state index is -0.249. The number of amides is 1. The van der Waals surface area contributed by atoms with Gasteiger partial charge in [-0.25, -0.2) is 0 Å². The fourth-order valence-corrected chi connectivity index (χ4v) is 1.64. The number of aromatic nitrogens is 4. The van der Waals surface area contributed by atoms with Crippen LogP contribution in [-0.4, -0.2) is 25.7 Å². The summed E-state index contributed by atoms with van der Waals surface area (Å²) in [4.78, 5) is 15.9. The first-order valence-corrected chi connectivity index (χ1v) is 5.81. The second kappa shape index (κ2) is 5.91. The Hall–Kier alpha value is -2.48. The maximum absolute atomic E-state index is 12.0. The molecule has 0 radical (unpaired) electrons. The molecule has 2 aromatic rings.